The van der Waals surface area contributed by atoms with Gasteiger partial charge in [-0.25, -0.2) is 0 Å². The fraction of sp³-hybridized carbons (Fsp3) is 0.176. The zero-order valence-electron chi connectivity index (χ0n) is 12.6. The molecule has 5 nitrogen and oxygen atoms in total. The molecule has 2 amide bonds. The van der Waals surface area contributed by atoms with Gasteiger partial charge in [-0.15, -0.1) is 0 Å². The van der Waals surface area contributed by atoms with E-state index in [0.717, 1.165) is 5.56 Å². The Morgan fingerprint density at radius 1 is 1.00 bits per heavy atom. The first-order valence-corrected chi connectivity index (χ1v) is 7.44. The van der Waals surface area contributed by atoms with Gasteiger partial charge in [-0.05, 0) is 48.4 Å². The van der Waals surface area contributed by atoms with Crippen LogP contribution in [0.15, 0.2) is 48.5 Å². The predicted octanol–water partition coefficient (Wildman–Crippen LogP) is 2.65. The van der Waals surface area contributed by atoms with Gasteiger partial charge in [0, 0.05) is 17.3 Å². The third-order valence-corrected chi connectivity index (χ3v) is 3.42. The van der Waals surface area contributed by atoms with E-state index in [1.807, 2.05) is 12.1 Å². The normalized spacial score (nSPS) is 10.0. The van der Waals surface area contributed by atoms with Crippen molar-refractivity contribution in [1.29, 1.82) is 0 Å². The maximum atomic E-state index is 11.8. The summed E-state index contributed by atoms with van der Waals surface area (Å²) in [6, 6.07) is 14.1. The zero-order chi connectivity index (χ0) is 16.7. The van der Waals surface area contributed by atoms with Crippen LogP contribution in [-0.4, -0.2) is 25.5 Å². The molecular weight excluding hydrogens is 316 g/mol. The van der Waals surface area contributed by atoms with Gasteiger partial charge in [-0.1, -0.05) is 23.7 Å². The van der Waals surface area contributed by atoms with Crippen LogP contribution in [-0.2, 0) is 16.0 Å². The number of halogens is 1. The molecule has 2 N–H and O–H groups in total. The molecule has 2 aromatic rings. The third-order valence-electron chi connectivity index (χ3n) is 3.17. The Kier molecular flexibility index (Phi) is 6.00. The van der Waals surface area contributed by atoms with E-state index in [4.69, 9.17) is 16.3 Å². The minimum absolute atomic E-state index is 0.372. The Labute approximate surface area is 139 Å². The van der Waals surface area contributed by atoms with Crippen LogP contribution < -0.4 is 15.4 Å². The van der Waals surface area contributed by atoms with Gasteiger partial charge >= 0.3 is 11.8 Å². The molecule has 0 unspecified atom stereocenters. The lowest BCUT2D eigenvalue weighted by molar-refractivity contribution is -0.136. The van der Waals surface area contributed by atoms with Crippen LogP contribution in [0.5, 0.6) is 5.75 Å². The van der Waals surface area contributed by atoms with Crippen LogP contribution in [0.2, 0.25) is 5.02 Å². The zero-order valence-corrected chi connectivity index (χ0v) is 13.4. The fourth-order valence-corrected chi connectivity index (χ4v) is 2.04. The van der Waals surface area contributed by atoms with Gasteiger partial charge in [-0.3, -0.25) is 9.59 Å². The van der Waals surface area contributed by atoms with Crippen LogP contribution in [0, 0.1) is 0 Å². The molecule has 0 saturated carbocycles. The summed E-state index contributed by atoms with van der Waals surface area (Å²) in [6.07, 6.45) is 0.624. The highest BCUT2D eigenvalue weighted by molar-refractivity contribution is 6.39. The number of nitrogens with one attached hydrogen (secondary N) is 2. The van der Waals surface area contributed by atoms with Gasteiger partial charge in [0.15, 0.2) is 0 Å². The van der Waals surface area contributed by atoms with E-state index in [0.29, 0.717) is 29.4 Å². The van der Waals surface area contributed by atoms with Gasteiger partial charge in [0.1, 0.15) is 5.75 Å². The van der Waals surface area contributed by atoms with E-state index < -0.39 is 11.8 Å². The molecule has 23 heavy (non-hydrogen) atoms. The van der Waals surface area contributed by atoms with E-state index in [-0.39, 0.29) is 0 Å². The summed E-state index contributed by atoms with van der Waals surface area (Å²) >= 11 is 5.80. The highest BCUT2D eigenvalue weighted by atomic mass is 35.5. The monoisotopic (exact) mass is 332 g/mol. The van der Waals surface area contributed by atoms with E-state index in [1.54, 1.807) is 43.5 Å². The minimum atomic E-state index is -0.703. The molecule has 2 aromatic carbocycles. The average Bonchev–Trinajstić information content (AvgIpc) is 2.57. The summed E-state index contributed by atoms with van der Waals surface area (Å²) in [5.41, 5.74) is 1.56. The van der Waals surface area contributed by atoms with E-state index >= 15 is 0 Å². The summed E-state index contributed by atoms with van der Waals surface area (Å²) in [5, 5.41) is 5.77. The number of rotatable bonds is 5. The molecule has 0 atom stereocenters. The number of ether oxygens (including phenoxy) is 1. The summed E-state index contributed by atoms with van der Waals surface area (Å²) in [7, 11) is 1.56. The van der Waals surface area contributed by atoms with Gasteiger partial charge in [-0.2, -0.15) is 0 Å². The predicted molar refractivity (Wildman–Crippen MR) is 89.8 cm³/mol. The minimum Gasteiger partial charge on any atom is -0.497 e. The molecule has 0 aliphatic carbocycles. The first-order valence-electron chi connectivity index (χ1n) is 7.06. The first kappa shape index (κ1) is 16.8. The second-order valence-corrected chi connectivity index (χ2v) is 5.25. The molecule has 0 bridgehead atoms. The second kappa shape index (κ2) is 8.19. The number of carbonyl (C=O) groups is 2. The molecule has 0 fully saturated rings. The van der Waals surface area contributed by atoms with Gasteiger partial charge in [0.05, 0.1) is 7.11 Å². The van der Waals surface area contributed by atoms with E-state index in [1.165, 1.54) is 0 Å². The smallest absolute Gasteiger partial charge is 0.313 e. The molecule has 0 heterocycles. The Hall–Kier alpha value is -2.53. The lowest BCUT2D eigenvalue weighted by atomic mass is 10.1. The molecular formula is C17H17ClN2O3. The SMILES string of the molecule is COc1ccc(NC(=O)C(=O)NCCc2ccc(Cl)cc2)cc1. The van der Waals surface area contributed by atoms with Crippen molar-refractivity contribution in [3.8, 4) is 5.75 Å². The van der Waals surface area contributed by atoms with Gasteiger partial charge < -0.3 is 15.4 Å². The fourth-order valence-electron chi connectivity index (χ4n) is 1.91. The van der Waals surface area contributed by atoms with Gasteiger partial charge in [0.25, 0.3) is 0 Å². The molecule has 2 rings (SSSR count). The summed E-state index contributed by atoms with van der Waals surface area (Å²) < 4.78 is 5.02. The van der Waals surface area contributed by atoms with Crippen LogP contribution in [0.1, 0.15) is 5.56 Å². The quantitative estimate of drug-likeness (QED) is 0.827. The average molecular weight is 333 g/mol. The first-order chi connectivity index (χ1) is 11.1. The largest absolute Gasteiger partial charge is 0.497 e. The van der Waals surface area contributed by atoms with E-state index in [2.05, 4.69) is 10.6 Å². The van der Waals surface area contributed by atoms with Crippen molar-refractivity contribution in [1.82, 2.24) is 5.32 Å². The number of amides is 2. The summed E-state index contributed by atoms with van der Waals surface area (Å²) in [6.45, 7) is 0.372. The standard InChI is InChI=1S/C17H17ClN2O3/c1-23-15-8-6-14(7-9-15)20-17(22)16(21)19-11-10-12-2-4-13(18)5-3-12/h2-9H,10-11H2,1H3,(H,19,21)(H,20,22). The molecule has 0 aliphatic heterocycles. The number of carbonyl (C=O) groups excluding carboxylic acids is 2. The van der Waals surface area contributed by atoms with Crippen LogP contribution in [0.25, 0.3) is 0 Å². The topological polar surface area (TPSA) is 67.4 Å². The maximum absolute atomic E-state index is 11.8. The second-order valence-electron chi connectivity index (χ2n) is 4.81. The third kappa shape index (κ3) is 5.30. The van der Waals surface area contributed by atoms with Crippen LogP contribution in [0.3, 0.4) is 0 Å². The molecule has 0 radical (unpaired) electrons. The Bertz CT molecular complexity index is 669. The van der Waals surface area contributed by atoms with Crippen LogP contribution >= 0.6 is 11.6 Å². The molecule has 120 valence electrons. The van der Waals surface area contributed by atoms with Crippen molar-refractivity contribution in [2.45, 2.75) is 6.42 Å². The number of benzene rings is 2. The Balaban J connectivity index is 1.78. The number of methoxy groups -OCH3 is 1. The Morgan fingerprint density at radius 3 is 2.26 bits per heavy atom. The van der Waals surface area contributed by atoms with Crippen molar-refractivity contribution in [3.63, 3.8) is 0 Å². The molecule has 0 saturated heterocycles. The lowest BCUT2D eigenvalue weighted by Gasteiger charge is -2.07. The van der Waals surface area contributed by atoms with Crippen molar-refractivity contribution < 1.29 is 14.3 Å². The molecule has 0 aliphatic rings. The maximum Gasteiger partial charge on any atom is 0.313 e. The van der Waals surface area contributed by atoms with Gasteiger partial charge in [0.2, 0.25) is 0 Å². The molecule has 0 aromatic heterocycles. The summed E-state index contributed by atoms with van der Waals surface area (Å²) in [5.74, 6) is -0.698. The number of hydrogen-bond acceptors (Lipinski definition) is 3. The van der Waals surface area contributed by atoms with Crippen molar-refractivity contribution in [2.75, 3.05) is 19.0 Å². The van der Waals surface area contributed by atoms with Crippen molar-refractivity contribution in [3.05, 3.63) is 59.1 Å². The highest BCUT2D eigenvalue weighted by Gasteiger charge is 2.13. The summed E-state index contributed by atoms with van der Waals surface area (Å²) in [4.78, 5) is 23.5. The Morgan fingerprint density at radius 2 is 1.65 bits per heavy atom. The lowest BCUT2D eigenvalue weighted by Crippen LogP contribution is -2.36. The number of hydrogen-bond donors (Lipinski definition) is 2. The highest BCUT2D eigenvalue weighted by Crippen LogP contribution is 2.14. The van der Waals surface area contributed by atoms with Crippen molar-refractivity contribution in [2.24, 2.45) is 0 Å². The number of anilines is 1. The van der Waals surface area contributed by atoms with Crippen LogP contribution in [0.4, 0.5) is 5.69 Å². The molecule has 6 heteroatoms. The molecule has 0 spiro atoms. The van der Waals surface area contributed by atoms with Crippen molar-refractivity contribution >= 4 is 29.1 Å². The van der Waals surface area contributed by atoms with E-state index in [9.17, 15) is 9.59 Å².